The number of rotatable bonds is 6. The number of hydrogen-bond donors (Lipinski definition) is 2. The van der Waals surface area contributed by atoms with Gasteiger partial charge < -0.3 is 15.5 Å². The molecule has 0 spiro atoms. The molecule has 3 N–H and O–H groups in total. The molecule has 0 bridgehead atoms. The summed E-state index contributed by atoms with van der Waals surface area (Å²) in [6.45, 7) is 3.48. The van der Waals surface area contributed by atoms with E-state index in [-0.39, 0.29) is 11.5 Å². The van der Waals surface area contributed by atoms with Crippen LogP contribution in [0.25, 0.3) is 22.6 Å². The number of nitrogens with zero attached hydrogens (tertiary/aromatic N) is 1. The number of primary amides is 1. The Labute approximate surface area is 177 Å². The fourth-order valence-corrected chi connectivity index (χ4v) is 3.19. The summed E-state index contributed by atoms with van der Waals surface area (Å²) in [4.78, 5) is 30.7. The number of ether oxygens (including phenoxy) is 1. The molecule has 3 aromatic rings. The molecule has 0 unspecified atom stereocenters. The van der Waals surface area contributed by atoms with Gasteiger partial charge in [0.05, 0.1) is 12.1 Å². The number of amides is 1. The number of hydrogen-bond acceptors (Lipinski definition) is 4. The molecule has 0 aliphatic rings. The summed E-state index contributed by atoms with van der Waals surface area (Å²) < 4.78 is 19.6. The maximum atomic E-state index is 14.5. The van der Waals surface area contributed by atoms with Gasteiger partial charge in [0.2, 0.25) is 11.7 Å². The predicted octanol–water partition coefficient (Wildman–Crippen LogP) is 3.96. The number of methoxy groups -OCH3 is 1. The lowest BCUT2D eigenvalue weighted by Crippen LogP contribution is -2.33. The Hall–Kier alpha value is -3.19. The summed E-state index contributed by atoms with van der Waals surface area (Å²) in [7, 11) is 1.52. The molecule has 8 heteroatoms. The summed E-state index contributed by atoms with van der Waals surface area (Å²) in [6.07, 6.45) is 0.364. The Bertz CT molecular complexity index is 1160. The van der Waals surface area contributed by atoms with Crippen LogP contribution in [0.1, 0.15) is 19.4 Å². The van der Waals surface area contributed by atoms with E-state index < -0.39 is 22.7 Å². The second-order valence-corrected chi connectivity index (χ2v) is 7.95. The van der Waals surface area contributed by atoms with E-state index in [1.54, 1.807) is 56.3 Å². The van der Waals surface area contributed by atoms with Gasteiger partial charge in [0.15, 0.2) is 0 Å². The van der Waals surface area contributed by atoms with E-state index in [2.05, 4.69) is 9.97 Å². The highest BCUT2D eigenvalue weighted by atomic mass is 35.5. The van der Waals surface area contributed by atoms with Crippen LogP contribution in [0.15, 0.2) is 47.3 Å². The first-order chi connectivity index (χ1) is 14.1. The number of carbonyl (C=O) groups is 1. The minimum Gasteiger partial charge on any atom is -0.497 e. The SMILES string of the molecule is COc1ccc(-c2nc(-c3cc(CC(C)(C)C(N)=O)ccc3Cl)[nH]c(=O)c2F)cc1. The molecule has 1 amide bonds. The Morgan fingerprint density at radius 1 is 1.23 bits per heavy atom. The standard InChI is InChI=1S/C22H21ClFN3O3/c1-22(2,21(25)29)11-12-4-9-16(23)15(10-12)19-26-18(17(24)20(28)27-19)13-5-7-14(30-3)8-6-13/h4-10H,11H2,1-3H3,(H2,25,29)(H,26,27,28). The van der Waals surface area contributed by atoms with Gasteiger partial charge >= 0.3 is 0 Å². The number of H-pyrrole nitrogens is 1. The summed E-state index contributed by atoms with van der Waals surface area (Å²) in [5.74, 6) is -0.715. The molecule has 0 atom stereocenters. The quantitative estimate of drug-likeness (QED) is 0.619. The van der Waals surface area contributed by atoms with Crippen LogP contribution >= 0.6 is 11.6 Å². The topological polar surface area (TPSA) is 98.1 Å². The Morgan fingerprint density at radius 3 is 2.50 bits per heavy atom. The third-order valence-corrected chi connectivity index (χ3v) is 5.15. The first-order valence-electron chi connectivity index (χ1n) is 9.15. The zero-order valence-electron chi connectivity index (χ0n) is 16.8. The van der Waals surface area contributed by atoms with Crippen molar-refractivity contribution >= 4 is 17.5 Å². The fraction of sp³-hybridized carbons (Fsp3) is 0.227. The molecule has 1 aromatic heterocycles. The van der Waals surface area contributed by atoms with Crippen molar-refractivity contribution in [2.45, 2.75) is 20.3 Å². The van der Waals surface area contributed by atoms with Crippen LogP contribution in [-0.4, -0.2) is 23.0 Å². The average Bonchev–Trinajstić information content (AvgIpc) is 2.71. The molecule has 3 rings (SSSR count). The predicted molar refractivity (Wildman–Crippen MR) is 114 cm³/mol. The molecule has 0 fully saturated rings. The van der Waals surface area contributed by atoms with E-state index >= 15 is 0 Å². The molecule has 0 aliphatic carbocycles. The zero-order chi connectivity index (χ0) is 22.1. The van der Waals surface area contributed by atoms with Gasteiger partial charge in [0.25, 0.3) is 5.56 Å². The lowest BCUT2D eigenvalue weighted by atomic mass is 9.85. The number of carbonyl (C=O) groups excluding carboxylic acids is 1. The lowest BCUT2D eigenvalue weighted by molar-refractivity contribution is -0.125. The number of nitrogens with one attached hydrogen (secondary N) is 1. The lowest BCUT2D eigenvalue weighted by Gasteiger charge is -2.20. The van der Waals surface area contributed by atoms with Gasteiger partial charge in [-0.2, -0.15) is 4.39 Å². The summed E-state index contributed by atoms with van der Waals surface area (Å²) >= 11 is 6.33. The minimum atomic E-state index is -0.994. The van der Waals surface area contributed by atoms with Crippen molar-refractivity contribution in [3.63, 3.8) is 0 Å². The van der Waals surface area contributed by atoms with Crippen LogP contribution in [-0.2, 0) is 11.2 Å². The number of nitrogens with two attached hydrogens (primary N) is 1. The zero-order valence-corrected chi connectivity index (χ0v) is 17.5. The van der Waals surface area contributed by atoms with Crippen molar-refractivity contribution in [3.8, 4) is 28.4 Å². The van der Waals surface area contributed by atoms with Gasteiger partial charge in [0.1, 0.15) is 17.3 Å². The Morgan fingerprint density at radius 2 is 1.90 bits per heavy atom. The fourth-order valence-electron chi connectivity index (χ4n) is 2.99. The van der Waals surface area contributed by atoms with Crippen LogP contribution in [0.2, 0.25) is 5.02 Å². The smallest absolute Gasteiger partial charge is 0.287 e. The van der Waals surface area contributed by atoms with Gasteiger partial charge in [-0.1, -0.05) is 31.5 Å². The Kier molecular flexibility index (Phi) is 5.94. The van der Waals surface area contributed by atoms with E-state index in [9.17, 15) is 14.0 Å². The summed E-state index contributed by atoms with van der Waals surface area (Å²) in [5.41, 5.74) is 5.29. The molecule has 2 aromatic carbocycles. The normalized spacial score (nSPS) is 11.4. The number of halogens is 2. The molecular weight excluding hydrogens is 409 g/mol. The summed E-state index contributed by atoms with van der Waals surface area (Å²) in [6, 6.07) is 11.6. The Balaban J connectivity index is 2.09. The van der Waals surface area contributed by atoms with E-state index in [0.717, 1.165) is 5.56 Å². The van der Waals surface area contributed by atoms with Crippen LogP contribution in [0.5, 0.6) is 5.75 Å². The van der Waals surface area contributed by atoms with Crippen molar-refractivity contribution in [1.29, 1.82) is 0 Å². The third kappa shape index (κ3) is 4.36. The second-order valence-electron chi connectivity index (χ2n) is 7.54. The highest BCUT2D eigenvalue weighted by molar-refractivity contribution is 6.33. The highest BCUT2D eigenvalue weighted by Crippen LogP contribution is 2.31. The molecular formula is C22H21ClFN3O3. The van der Waals surface area contributed by atoms with Crippen molar-refractivity contribution < 1.29 is 13.9 Å². The molecule has 0 aliphatic heterocycles. The largest absolute Gasteiger partial charge is 0.497 e. The average molecular weight is 430 g/mol. The molecule has 156 valence electrons. The van der Waals surface area contributed by atoms with Crippen molar-refractivity contribution in [3.05, 3.63) is 69.2 Å². The van der Waals surface area contributed by atoms with E-state index in [1.807, 2.05) is 0 Å². The van der Waals surface area contributed by atoms with Crippen molar-refractivity contribution in [2.75, 3.05) is 7.11 Å². The van der Waals surface area contributed by atoms with Gasteiger partial charge in [-0.3, -0.25) is 9.59 Å². The molecule has 0 radical (unpaired) electrons. The molecule has 0 saturated carbocycles. The maximum Gasteiger partial charge on any atom is 0.287 e. The highest BCUT2D eigenvalue weighted by Gasteiger charge is 2.26. The maximum absolute atomic E-state index is 14.5. The van der Waals surface area contributed by atoms with E-state index in [1.165, 1.54) is 7.11 Å². The van der Waals surface area contributed by atoms with Crippen LogP contribution in [0, 0.1) is 11.2 Å². The molecule has 0 saturated heterocycles. The molecule has 30 heavy (non-hydrogen) atoms. The van der Waals surface area contributed by atoms with E-state index in [4.69, 9.17) is 22.1 Å². The van der Waals surface area contributed by atoms with Gasteiger partial charge in [0, 0.05) is 16.5 Å². The summed E-state index contributed by atoms with van der Waals surface area (Å²) in [5, 5.41) is 0.325. The first kappa shape index (κ1) is 21.5. The van der Waals surface area contributed by atoms with Crippen molar-refractivity contribution in [2.24, 2.45) is 11.1 Å². The van der Waals surface area contributed by atoms with Crippen LogP contribution in [0.4, 0.5) is 4.39 Å². The number of aromatic nitrogens is 2. The number of aromatic amines is 1. The van der Waals surface area contributed by atoms with Crippen molar-refractivity contribution in [1.82, 2.24) is 9.97 Å². The third-order valence-electron chi connectivity index (χ3n) is 4.83. The van der Waals surface area contributed by atoms with Crippen LogP contribution in [0.3, 0.4) is 0 Å². The molecule has 1 heterocycles. The monoisotopic (exact) mass is 429 g/mol. The van der Waals surface area contributed by atoms with Gasteiger partial charge in [-0.25, -0.2) is 4.98 Å². The van der Waals surface area contributed by atoms with E-state index in [0.29, 0.717) is 28.3 Å². The minimum absolute atomic E-state index is 0.102. The first-order valence-corrected chi connectivity index (χ1v) is 9.53. The van der Waals surface area contributed by atoms with Gasteiger partial charge in [-0.15, -0.1) is 0 Å². The van der Waals surface area contributed by atoms with Gasteiger partial charge in [-0.05, 0) is 48.4 Å². The molecule has 6 nitrogen and oxygen atoms in total. The second kappa shape index (κ2) is 8.28. The number of benzene rings is 2. The van der Waals surface area contributed by atoms with Crippen LogP contribution < -0.4 is 16.0 Å².